The first-order valence-corrected chi connectivity index (χ1v) is 7.04. The fraction of sp³-hybridized carbons (Fsp3) is 0.438. The predicted octanol–water partition coefficient (Wildman–Crippen LogP) is 2.42. The van der Waals surface area contributed by atoms with Gasteiger partial charge in [0, 0.05) is 37.1 Å². The van der Waals surface area contributed by atoms with E-state index in [1.54, 1.807) is 0 Å². The first-order chi connectivity index (χ1) is 9.20. The van der Waals surface area contributed by atoms with Crippen LogP contribution in [0.25, 0.3) is 10.9 Å². The third kappa shape index (κ3) is 2.94. The highest BCUT2D eigenvalue weighted by Gasteiger charge is 2.20. The molecule has 1 fully saturated rings. The van der Waals surface area contributed by atoms with Crippen molar-refractivity contribution < 1.29 is 0 Å². The zero-order valence-electron chi connectivity index (χ0n) is 11.6. The van der Waals surface area contributed by atoms with Gasteiger partial charge in [-0.2, -0.15) is 0 Å². The molecule has 3 heteroatoms. The molecule has 1 saturated heterocycles. The molecule has 2 aromatic rings. The molecule has 1 aromatic heterocycles. The van der Waals surface area contributed by atoms with Crippen LogP contribution >= 0.6 is 0 Å². The normalized spacial score (nSPS) is 24.7. The Morgan fingerprint density at radius 1 is 1.11 bits per heavy atom. The van der Waals surface area contributed by atoms with Gasteiger partial charge in [0.1, 0.15) is 0 Å². The summed E-state index contributed by atoms with van der Waals surface area (Å²) in [6.07, 6.45) is 0. The number of nitrogens with one attached hydrogen (secondary N) is 1. The Kier molecular flexibility index (Phi) is 3.49. The Bertz CT molecular complexity index is 557. The molecule has 0 aliphatic carbocycles. The first-order valence-electron chi connectivity index (χ1n) is 7.04. The van der Waals surface area contributed by atoms with E-state index < -0.39 is 0 Å². The van der Waals surface area contributed by atoms with Crippen LogP contribution in [0.4, 0.5) is 0 Å². The number of nitrogens with zero attached hydrogens (tertiary/aromatic N) is 2. The first kappa shape index (κ1) is 12.6. The summed E-state index contributed by atoms with van der Waals surface area (Å²) in [4.78, 5) is 7.25. The molecular weight excluding hydrogens is 234 g/mol. The fourth-order valence-electron chi connectivity index (χ4n) is 2.99. The van der Waals surface area contributed by atoms with Crippen molar-refractivity contribution >= 4 is 10.9 Å². The van der Waals surface area contributed by atoms with E-state index in [2.05, 4.69) is 54.4 Å². The topological polar surface area (TPSA) is 28.2 Å². The van der Waals surface area contributed by atoms with Gasteiger partial charge in [-0.3, -0.25) is 9.88 Å². The Hall–Kier alpha value is -1.45. The predicted molar refractivity (Wildman–Crippen MR) is 79.1 cm³/mol. The summed E-state index contributed by atoms with van der Waals surface area (Å²) in [5.41, 5.74) is 2.26. The maximum atomic E-state index is 4.76. The summed E-state index contributed by atoms with van der Waals surface area (Å²) in [5, 5.41) is 4.78. The molecule has 0 radical (unpaired) electrons. The number of hydrogen-bond acceptors (Lipinski definition) is 3. The molecule has 1 N–H and O–H groups in total. The minimum Gasteiger partial charge on any atom is -0.309 e. The van der Waals surface area contributed by atoms with Crippen LogP contribution in [-0.2, 0) is 6.54 Å². The van der Waals surface area contributed by atoms with E-state index in [-0.39, 0.29) is 0 Å². The molecule has 2 atom stereocenters. The summed E-state index contributed by atoms with van der Waals surface area (Å²) in [5.74, 6) is 0. The quantitative estimate of drug-likeness (QED) is 0.893. The molecule has 1 aliphatic rings. The van der Waals surface area contributed by atoms with E-state index in [1.807, 2.05) is 6.07 Å². The lowest BCUT2D eigenvalue weighted by Gasteiger charge is -2.35. The minimum absolute atomic E-state index is 0.559. The monoisotopic (exact) mass is 255 g/mol. The van der Waals surface area contributed by atoms with Gasteiger partial charge < -0.3 is 5.32 Å². The van der Waals surface area contributed by atoms with Crippen LogP contribution < -0.4 is 5.32 Å². The maximum absolute atomic E-state index is 4.76. The second-order valence-corrected chi connectivity index (χ2v) is 5.66. The number of rotatable bonds is 2. The van der Waals surface area contributed by atoms with Crippen molar-refractivity contribution in [2.24, 2.45) is 0 Å². The third-order valence-corrected chi connectivity index (χ3v) is 3.67. The van der Waals surface area contributed by atoms with Crippen LogP contribution in [0.3, 0.4) is 0 Å². The number of aromatic nitrogens is 1. The van der Waals surface area contributed by atoms with Gasteiger partial charge in [-0.25, -0.2) is 0 Å². The molecule has 1 aliphatic heterocycles. The SMILES string of the molecule is CC1CN(Cc2ccc3ccccc3n2)CC(C)N1. The molecule has 3 rings (SSSR count). The molecule has 0 saturated carbocycles. The number of piperazine rings is 1. The molecule has 2 heterocycles. The molecule has 1 aromatic carbocycles. The average molecular weight is 255 g/mol. The van der Waals surface area contributed by atoms with Gasteiger partial charge in [0.2, 0.25) is 0 Å². The summed E-state index contributed by atoms with van der Waals surface area (Å²) < 4.78 is 0. The van der Waals surface area contributed by atoms with Crippen LogP contribution in [0.15, 0.2) is 36.4 Å². The van der Waals surface area contributed by atoms with Crippen molar-refractivity contribution in [2.75, 3.05) is 13.1 Å². The zero-order chi connectivity index (χ0) is 13.2. The maximum Gasteiger partial charge on any atom is 0.0705 e. The van der Waals surface area contributed by atoms with E-state index in [1.165, 1.54) is 11.1 Å². The summed E-state index contributed by atoms with van der Waals surface area (Å²) >= 11 is 0. The molecule has 3 nitrogen and oxygen atoms in total. The highest BCUT2D eigenvalue weighted by molar-refractivity contribution is 5.78. The van der Waals surface area contributed by atoms with Gasteiger partial charge in [0.15, 0.2) is 0 Å². The number of pyridine rings is 1. The van der Waals surface area contributed by atoms with Crippen LogP contribution in [0.2, 0.25) is 0 Å². The van der Waals surface area contributed by atoms with E-state index >= 15 is 0 Å². The Labute approximate surface area is 114 Å². The fourth-order valence-corrected chi connectivity index (χ4v) is 2.99. The van der Waals surface area contributed by atoms with Crippen LogP contribution in [0.5, 0.6) is 0 Å². The highest BCUT2D eigenvalue weighted by Crippen LogP contribution is 2.14. The largest absolute Gasteiger partial charge is 0.309 e. The summed E-state index contributed by atoms with van der Waals surface area (Å²) in [7, 11) is 0. The molecule has 0 spiro atoms. The molecule has 0 amide bonds. The Balaban J connectivity index is 1.77. The number of para-hydroxylation sites is 1. The molecule has 19 heavy (non-hydrogen) atoms. The molecule has 100 valence electrons. The number of hydrogen-bond donors (Lipinski definition) is 1. The van der Waals surface area contributed by atoms with Gasteiger partial charge in [0.25, 0.3) is 0 Å². The number of benzene rings is 1. The third-order valence-electron chi connectivity index (χ3n) is 3.67. The van der Waals surface area contributed by atoms with Crippen molar-refractivity contribution in [1.82, 2.24) is 15.2 Å². The van der Waals surface area contributed by atoms with Gasteiger partial charge in [-0.05, 0) is 26.0 Å². The van der Waals surface area contributed by atoms with E-state index in [0.29, 0.717) is 12.1 Å². The smallest absolute Gasteiger partial charge is 0.0705 e. The van der Waals surface area contributed by atoms with Crippen LogP contribution in [-0.4, -0.2) is 35.1 Å². The summed E-state index contributed by atoms with van der Waals surface area (Å²) in [6.45, 7) is 7.63. The van der Waals surface area contributed by atoms with E-state index in [4.69, 9.17) is 4.98 Å². The number of fused-ring (bicyclic) bond motifs is 1. The van der Waals surface area contributed by atoms with Crippen molar-refractivity contribution in [3.8, 4) is 0 Å². The average Bonchev–Trinajstić information content (AvgIpc) is 2.37. The van der Waals surface area contributed by atoms with Gasteiger partial charge in [-0.1, -0.05) is 24.3 Å². The lowest BCUT2D eigenvalue weighted by atomic mass is 10.1. The van der Waals surface area contributed by atoms with Gasteiger partial charge >= 0.3 is 0 Å². The molecular formula is C16H21N3. The molecule has 0 bridgehead atoms. The van der Waals surface area contributed by atoms with E-state index in [9.17, 15) is 0 Å². The Morgan fingerprint density at radius 2 is 1.84 bits per heavy atom. The van der Waals surface area contributed by atoms with Gasteiger partial charge in [-0.15, -0.1) is 0 Å². The van der Waals surface area contributed by atoms with Crippen LogP contribution in [0.1, 0.15) is 19.5 Å². The zero-order valence-corrected chi connectivity index (χ0v) is 11.6. The second-order valence-electron chi connectivity index (χ2n) is 5.66. The van der Waals surface area contributed by atoms with Crippen molar-refractivity contribution in [1.29, 1.82) is 0 Å². The highest BCUT2D eigenvalue weighted by atomic mass is 15.2. The minimum atomic E-state index is 0.559. The summed E-state index contributed by atoms with van der Waals surface area (Å²) in [6, 6.07) is 13.8. The lowest BCUT2D eigenvalue weighted by Crippen LogP contribution is -2.53. The van der Waals surface area contributed by atoms with Crippen LogP contribution in [0, 0.1) is 0 Å². The van der Waals surface area contributed by atoms with Crippen molar-refractivity contribution in [3.63, 3.8) is 0 Å². The van der Waals surface area contributed by atoms with Crippen molar-refractivity contribution in [2.45, 2.75) is 32.5 Å². The second kappa shape index (κ2) is 5.27. The molecule has 2 unspecified atom stereocenters. The van der Waals surface area contributed by atoms with Crippen molar-refractivity contribution in [3.05, 3.63) is 42.1 Å². The Morgan fingerprint density at radius 3 is 2.63 bits per heavy atom. The van der Waals surface area contributed by atoms with Gasteiger partial charge in [0.05, 0.1) is 11.2 Å². The standard InChI is InChI=1S/C16H21N3/c1-12-9-19(10-13(2)17-12)11-15-8-7-14-5-3-4-6-16(14)18-15/h3-8,12-13,17H,9-11H2,1-2H3. The van der Waals surface area contributed by atoms with E-state index in [0.717, 1.165) is 25.2 Å². The lowest BCUT2D eigenvalue weighted by molar-refractivity contribution is 0.165.